The van der Waals surface area contributed by atoms with Crippen molar-refractivity contribution in [1.29, 1.82) is 0 Å². The molecule has 156 valence electrons. The highest BCUT2D eigenvalue weighted by atomic mass is 79.9. The number of hydrogen-bond acceptors (Lipinski definition) is 4. The van der Waals surface area contributed by atoms with Gasteiger partial charge in [0.2, 0.25) is 0 Å². The Morgan fingerprint density at radius 3 is 2.31 bits per heavy atom. The predicted octanol–water partition coefficient (Wildman–Crippen LogP) is 4.13. The minimum absolute atomic E-state index is 0.226. The van der Waals surface area contributed by atoms with E-state index in [-0.39, 0.29) is 6.61 Å². The summed E-state index contributed by atoms with van der Waals surface area (Å²) >= 11 is 3.42. The normalized spacial score (nSPS) is 11.7. The molecule has 0 saturated carbocycles. The number of nitrogens with one attached hydrogen (secondary N) is 2. The van der Waals surface area contributed by atoms with Crippen molar-refractivity contribution in [2.45, 2.75) is 46.1 Å². The fourth-order valence-corrected chi connectivity index (χ4v) is 3.02. The molecule has 0 bridgehead atoms. The van der Waals surface area contributed by atoms with Gasteiger partial charge in [-0.15, -0.1) is 0 Å². The molecule has 0 aliphatic heterocycles. The molecule has 0 heterocycles. The van der Waals surface area contributed by atoms with Gasteiger partial charge in [0.05, 0.1) is 4.47 Å². The largest absolute Gasteiger partial charge is 0.483 e. The van der Waals surface area contributed by atoms with Crippen LogP contribution >= 0.6 is 15.9 Å². The summed E-state index contributed by atoms with van der Waals surface area (Å²) in [5, 5.41) is 0. The Morgan fingerprint density at radius 2 is 1.72 bits per heavy atom. The molecule has 29 heavy (non-hydrogen) atoms. The zero-order chi connectivity index (χ0) is 21.4. The SMILES string of the molecule is CCc1ccc(OCC(=O)NNC(=O)C(C)Oc2ccc(C(C)C)cc2)c(Br)c1. The van der Waals surface area contributed by atoms with E-state index in [0.29, 0.717) is 17.4 Å². The first-order valence-electron chi connectivity index (χ1n) is 9.56. The molecule has 0 spiro atoms. The van der Waals surface area contributed by atoms with Crippen LogP contribution in [-0.4, -0.2) is 24.5 Å². The Balaban J connectivity index is 1.76. The Bertz CT molecular complexity index is 837. The van der Waals surface area contributed by atoms with Crippen LogP contribution in [0.15, 0.2) is 46.9 Å². The quantitative estimate of drug-likeness (QED) is 0.578. The summed E-state index contributed by atoms with van der Waals surface area (Å²) in [5.74, 6) is 0.641. The number of benzene rings is 2. The molecular weight excluding hydrogens is 436 g/mol. The van der Waals surface area contributed by atoms with E-state index >= 15 is 0 Å². The first-order valence-corrected chi connectivity index (χ1v) is 10.4. The van der Waals surface area contributed by atoms with E-state index in [1.165, 1.54) is 5.56 Å². The Kier molecular flexibility index (Phi) is 8.51. The lowest BCUT2D eigenvalue weighted by atomic mass is 10.0. The van der Waals surface area contributed by atoms with E-state index < -0.39 is 17.9 Å². The van der Waals surface area contributed by atoms with Gasteiger partial charge in [-0.3, -0.25) is 20.4 Å². The third kappa shape index (κ3) is 7.09. The summed E-state index contributed by atoms with van der Waals surface area (Å²) in [6, 6.07) is 13.3. The van der Waals surface area contributed by atoms with Crippen LogP contribution in [0, 0.1) is 0 Å². The van der Waals surface area contributed by atoms with Crippen molar-refractivity contribution in [3.8, 4) is 11.5 Å². The molecule has 2 N–H and O–H groups in total. The maximum absolute atomic E-state index is 12.1. The lowest BCUT2D eigenvalue weighted by Gasteiger charge is -2.16. The van der Waals surface area contributed by atoms with Gasteiger partial charge in [-0.05, 0) is 70.6 Å². The first kappa shape index (κ1) is 22.7. The molecule has 2 aromatic carbocycles. The Morgan fingerprint density at radius 1 is 1.03 bits per heavy atom. The van der Waals surface area contributed by atoms with Crippen molar-refractivity contribution in [3.05, 3.63) is 58.1 Å². The highest BCUT2D eigenvalue weighted by Crippen LogP contribution is 2.26. The van der Waals surface area contributed by atoms with Crippen LogP contribution in [0.1, 0.15) is 44.7 Å². The Hall–Kier alpha value is -2.54. The third-order valence-electron chi connectivity index (χ3n) is 4.32. The standard InChI is InChI=1S/C22H27BrN2O4/c1-5-16-6-11-20(19(23)12-16)28-13-21(26)24-25-22(27)15(4)29-18-9-7-17(8-10-18)14(2)3/h6-12,14-15H,5,13H2,1-4H3,(H,24,26)(H,25,27). The van der Waals surface area contributed by atoms with E-state index in [1.54, 1.807) is 13.0 Å². The number of amides is 2. The third-order valence-corrected chi connectivity index (χ3v) is 4.94. The van der Waals surface area contributed by atoms with Crippen molar-refractivity contribution in [3.63, 3.8) is 0 Å². The summed E-state index contributed by atoms with van der Waals surface area (Å²) in [4.78, 5) is 24.1. The van der Waals surface area contributed by atoms with Crippen LogP contribution in [0.2, 0.25) is 0 Å². The molecule has 2 aromatic rings. The fourth-order valence-electron chi connectivity index (χ4n) is 2.48. The summed E-state index contributed by atoms with van der Waals surface area (Å²) < 4.78 is 11.9. The van der Waals surface area contributed by atoms with Crippen LogP contribution in [0.5, 0.6) is 11.5 Å². The average molecular weight is 463 g/mol. The van der Waals surface area contributed by atoms with Gasteiger partial charge in [0.1, 0.15) is 11.5 Å². The number of hydrogen-bond donors (Lipinski definition) is 2. The van der Waals surface area contributed by atoms with Crippen LogP contribution in [0.25, 0.3) is 0 Å². The summed E-state index contributed by atoms with van der Waals surface area (Å²) in [6.07, 6.45) is 0.143. The van der Waals surface area contributed by atoms with Gasteiger partial charge in [0.25, 0.3) is 11.8 Å². The van der Waals surface area contributed by atoms with Crippen LogP contribution in [-0.2, 0) is 16.0 Å². The van der Waals surface area contributed by atoms with E-state index in [9.17, 15) is 9.59 Å². The van der Waals surface area contributed by atoms with Gasteiger partial charge in [-0.1, -0.05) is 39.0 Å². The minimum atomic E-state index is -0.767. The second-order valence-corrected chi connectivity index (χ2v) is 7.78. The zero-order valence-corrected chi connectivity index (χ0v) is 18.7. The highest BCUT2D eigenvalue weighted by Gasteiger charge is 2.16. The second kappa shape index (κ2) is 10.9. The van der Waals surface area contributed by atoms with Crippen molar-refractivity contribution < 1.29 is 19.1 Å². The zero-order valence-electron chi connectivity index (χ0n) is 17.1. The summed E-state index contributed by atoms with van der Waals surface area (Å²) in [5.41, 5.74) is 7.03. The fraction of sp³-hybridized carbons (Fsp3) is 0.364. The summed E-state index contributed by atoms with van der Waals surface area (Å²) in [6.45, 7) is 7.66. The number of aryl methyl sites for hydroxylation is 1. The number of ether oxygens (including phenoxy) is 2. The molecule has 1 unspecified atom stereocenters. The molecule has 2 amide bonds. The molecule has 0 radical (unpaired) electrons. The monoisotopic (exact) mass is 462 g/mol. The van der Waals surface area contributed by atoms with Crippen molar-refractivity contribution in [2.75, 3.05) is 6.61 Å². The molecule has 0 fully saturated rings. The molecule has 0 aliphatic rings. The van der Waals surface area contributed by atoms with Gasteiger partial charge in [0.15, 0.2) is 12.7 Å². The van der Waals surface area contributed by atoms with E-state index in [1.807, 2.05) is 36.4 Å². The molecule has 2 rings (SSSR count). The molecule has 1 atom stereocenters. The number of halogens is 1. The summed E-state index contributed by atoms with van der Waals surface area (Å²) in [7, 11) is 0. The van der Waals surface area contributed by atoms with Crippen molar-refractivity contribution in [2.24, 2.45) is 0 Å². The molecular formula is C22H27BrN2O4. The topological polar surface area (TPSA) is 76.7 Å². The number of carbonyl (C=O) groups excluding carboxylic acids is 2. The average Bonchev–Trinajstić information content (AvgIpc) is 2.71. The van der Waals surface area contributed by atoms with Crippen LogP contribution in [0.4, 0.5) is 0 Å². The maximum atomic E-state index is 12.1. The lowest BCUT2D eigenvalue weighted by Crippen LogP contribution is -2.48. The minimum Gasteiger partial charge on any atom is -0.483 e. The van der Waals surface area contributed by atoms with Gasteiger partial charge in [-0.25, -0.2) is 0 Å². The van der Waals surface area contributed by atoms with Crippen LogP contribution in [0.3, 0.4) is 0 Å². The molecule has 7 heteroatoms. The van der Waals surface area contributed by atoms with Crippen molar-refractivity contribution >= 4 is 27.7 Å². The highest BCUT2D eigenvalue weighted by molar-refractivity contribution is 9.10. The Labute approximate surface area is 180 Å². The van der Waals surface area contributed by atoms with Gasteiger partial charge < -0.3 is 9.47 Å². The number of carbonyl (C=O) groups is 2. The van der Waals surface area contributed by atoms with E-state index in [4.69, 9.17) is 9.47 Å². The van der Waals surface area contributed by atoms with Gasteiger partial charge >= 0.3 is 0 Å². The molecule has 0 saturated heterocycles. The predicted molar refractivity (Wildman–Crippen MR) is 116 cm³/mol. The van der Waals surface area contributed by atoms with Gasteiger partial charge in [-0.2, -0.15) is 0 Å². The van der Waals surface area contributed by atoms with E-state index in [2.05, 4.69) is 47.6 Å². The van der Waals surface area contributed by atoms with Crippen molar-refractivity contribution in [1.82, 2.24) is 10.9 Å². The smallest absolute Gasteiger partial charge is 0.279 e. The molecule has 0 aliphatic carbocycles. The number of rotatable bonds is 8. The van der Waals surface area contributed by atoms with E-state index in [0.717, 1.165) is 16.5 Å². The van der Waals surface area contributed by atoms with Gasteiger partial charge in [0, 0.05) is 0 Å². The lowest BCUT2D eigenvalue weighted by molar-refractivity contribution is -0.133. The molecule has 0 aromatic heterocycles. The maximum Gasteiger partial charge on any atom is 0.279 e. The second-order valence-electron chi connectivity index (χ2n) is 6.93. The first-order chi connectivity index (χ1) is 13.8. The number of hydrazine groups is 1. The molecule has 6 nitrogen and oxygen atoms in total. The van der Waals surface area contributed by atoms with Crippen LogP contribution < -0.4 is 20.3 Å².